The summed E-state index contributed by atoms with van der Waals surface area (Å²) >= 11 is 0. The van der Waals surface area contributed by atoms with Crippen LogP contribution >= 0.6 is 0 Å². The molecular weight excluding hydrogens is 340 g/mol. The summed E-state index contributed by atoms with van der Waals surface area (Å²) in [5, 5.41) is 11.9. The molecule has 1 aliphatic rings. The van der Waals surface area contributed by atoms with E-state index in [1.54, 1.807) is 18.2 Å². The van der Waals surface area contributed by atoms with E-state index in [1.807, 2.05) is 13.0 Å². The molecule has 5 nitrogen and oxygen atoms in total. The molecule has 0 radical (unpaired) electrons. The van der Waals surface area contributed by atoms with Gasteiger partial charge in [-0.05, 0) is 61.4 Å². The third kappa shape index (κ3) is 4.59. The highest BCUT2D eigenvalue weighted by atomic mass is 16.5. The molecule has 0 unspecified atom stereocenters. The molecule has 0 aliphatic heterocycles. The van der Waals surface area contributed by atoms with Gasteiger partial charge in [0.15, 0.2) is 18.1 Å². The van der Waals surface area contributed by atoms with Gasteiger partial charge in [-0.15, -0.1) is 0 Å². The average molecular weight is 364 g/mol. The second-order valence-corrected chi connectivity index (χ2v) is 6.79. The monoisotopic (exact) mass is 364 g/mol. The third-order valence-corrected chi connectivity index (χ3v) is 4.90. The van der Waals surface area contributed by atoms with E-state index in [2.05, 4.69) is 23.5 Å². The van der Waals surface area contributed by atoms with Crippen molar-refractivity contribution in [2.75, 3.05) is 13.7 Å². The molecule has 1 aliphatic carbocycles. The van der Waals surface area contributed by atoms with Gasteiger partial charge in [0, 0.05) is 6.07 Å². The molecule has 0 fully saturated rings. The van der Waals surface area contributed by atoms with Crippen molar-refractivity contribution in [1.82, 2.24) is 5.32 Å². The van der Waals surface area contributed by atoms with Gasteiger partial charge in [-0.1, -0.05) is 18.2 Å². The van der Waals surface area contributed by atoms with Gasteiger partial charge in [-0.25, -0.2) is 0 Å². The maximum absolute atomic E-state index is 12.3. The fraction of sp³-hybridized carbons (Fsp3) is 0.364. The Bertz CT molecular complexity index is 870. The maximum atomic E-state index is 12.3. The number of benzene rings is 2. The van der Waals surface area contributed by atoms with Crippen LogP contribution in [0.2, 0.25) is 0 Å². The van der Waals surface area contributed by atoms with Crippen molar-refractivity contribution in [2.24, 2.45) is 0 Å². The molecule has 0 saturated heterocycles. The Morgan fingerprint density at radius 2 is 1.93 bits per heavy atom. The van der Waals surface area contributed by atoms with Crippen LogP contribution in [0.1, 0.15) is 48.1 Å². The molecule has 140 valence electrons. The van der Waals surface area contributed by atoms with Gasteiger partial charge >= 0.3 is 0 Å². The van der Waals surface area contributed by atoms with Crippen molar-refractivity contribution in [1.29, 1.82) is 5.26 Å². The fourth-order valence-electron chi connectivity index (χ4n) is 3.39. The average Bonchev–Trinajstić information content (AvgIpc) is 2.71. The minimum absolute atomic E-state index is 0.0869. The molecule has 0 bridgehead atoms. The normalized spacial score (nSPS) is 13.8. The topological polar surface area (TPSA) is 71.3 Å². The number of nitrogens with one attached hydrogen (secondary N) is 1. The SMILES string of the molecule is COc1cc(C#N)ccc1OCC(=O)N[C@@H](C)c1ccc2c(c1)CCCC2. The number of fused-ring (bicyclic) bond motifs is 1. The van der Waals surface area contributed by atoms with E-state index < -0.39 is 0 Å². The quantitative estimate of drug-likeness (QED) is 0.848. The Kier molecular flexibility index (Phi) is 5.97. The smallest absolute Gasteiger partial charge is 0.258 e. The van der Waals surface area contributed by atoms with E-state index in [1.165, 1.54) is 31.1 Å². The molecule has 1 atom stereocenters. The number of amides is 1. The third-order valence-electron chi connectivity index (χ3n) is 4.90. The lowest BCUT2D eigenvalue weighted by Crippen LogP contribution is -2.31. The van der Waals surface area contributed by atoms with Gasteiger partial charge in [0.05, 0.1) is 24.8 Å². The molecule has 5 heteroatoms. The zero-order valence-corrected chi connectivity index (χ0v) is 15.7. The van der Waals surface area contributed by atoms with E-state index in [0.717, 1.165) is 18.4 Å². The number of carbonyl (C=O) groups is 1. The van der Waals surface area contributed by atoms with Gasteiger partial charge in [0.1, 0.15) is 0 Å². The number of ether oxygens (including phenoxy) is 2. The highest BCUT2D eigenvalue weighted by molar-refractivity contribution is 5.78. The summed E-state index contributed by atoms with van der Waals surface area (Å²) in [5.41, 5.74) is 4.42. The minimum atomic E-state index is -0.202. The Labute approximate surface area is 159 Å². The van der Waals surface area contributed by atoms with E-state index in [9.17, 15) is 4.79 Å². The van der Waals surface area contributed by atoms with Gasteiger partial charge in [-0.3, -0.25) is 4.79 Å². The summed E-state index contributed by atoms with van der Waals surface area (Å²) in [6.07, 6.45) is 4.76. The molecule has 0 aromatic heterocycles. The summed E-state index contributed by atoms with van der Waals surface area (Å²) in [6, 6.07) is 13.3. The van der Waals surface area contributed by atoms with Crippen LogP contribution in [-0.2, 0) is 17.6 Å². The standard InChI is InChI=1S/C22H24N2O3/c1-15(18-9-8-17-5-3-4-6-19(17)12-18)24-22(25)14-27-20-10-7-16(13-23)11-21(20)26-2/h7-12,15H,3-6,14H2,1-2H3,(H,24,25)/t15-/m0/s1. The van der Waals surface area contributed by atoms with Crippen LogP contribution in [-0.4, -0.2) is 19.6 Å². The number of hydrogen-bond acceptors (Lipinski definition) is 4. The highest BCUT2D eigenvalue weighted by Crippen LogP contribution is 2.28. The summed E-state index contributed by atoms with van der Waals surface area (Å²) in [5.74, 6) is 0.671. The Morgan fingerprint density at radius 3 is 2.67 bits per heavy atom. The number of nitrogens with zero attached hydrogens (tertiary/aromatic N) is 1. The number of carbonyl (C=O) groups excluding carboxylic acids is 1. The van der Waals surface area contributed by atoms with Gasteiger partial charge in [-0.2, -0.15) is 5.26 Å². The Morgan fingerprint density at radius 1 is 1.15 bits per heavy atom. The van der Waals surface area contributed by atoms with E-state index in [0.29, 0.717) is 17.1 Å². The maximum Gasteiger partial charge on any atom is 0.258 e. The molecule has 0 spiro atoms. The highest BCUT2D eigenvalue weighted by Gasteiger charge is 2.15. The zero-order valence-electron chi connectivity index (χ0n) is 15.7. The molecule has 27 heavy (non-hydrogen) atoms. The van der Waals surface area contributed by atoms with Crippen molar-refractivity contribution in [2.45, 2.75) is 38.6 Å². The van der Waals surface area contributed by atoms with Crippen molar-refractivity contribution in [3.8, 4) is 17.6 Å². The second-order valence-electron chi connectivity index (χ2n) is 6.79. The Hall–Kier alpha value is -3.00. The largest absolute Gasteiger partial charge is 0.493 e. The van der Waals surface area contributed by atoms with Crippen LogP contribution in [0.25, 0.3) is 0 Å². The number of methoxy groups -OCH3 is 1. The first-order valence-electron chi connectivity index (χ1n) is 9.22. The van der Waals surface area contributed by atoms with E-state index in [-0.39, 0.29) is 18.6 Å². The molecule has 1 amide bonds. The van der Waals surface area contributed by atoms with Crippen LogP contribution in [0.3, 0.4) is 0 Å². The predicted molar refractivity (Wildman–Crippen MR) is 103 cm³/mol. The molecule has 0 heterocycles. The van der Waals surface area contributed by atoms with Crippen LogP contribution in [0.4, 0.5) is 0 Å². The zero-order chi connectivity index (χ0) is 19.2. The molecule has 1 N–H and O–H groups in total. The lowest BCUT2D eigenvalue weighted by Gasteiger charge is -2.20. The lowest BCUT2D eigenvalue weighted by atomic mass is 9.89. The first-order valence-corrected chi connectivity index (χ1v) is 9.22. The van der Waals surface area contributed by atoms with Crippen molar-refractivity contribution in [3.63, 3.8) is 0 Å². The fourth-order valence-corrected chi connectivity index (χ4v) is 3.39. The predicted octanol–water partition coefficient (Wildman–Crippen LogP) is 3.70. The summed E-state index contributed by atoms with van der Waals surface area (Å²) in [7, 11) is 1.50. The molecule has 3 rings (SSSR count). The van der Waals surface area contributed by atoms with E-state index in [4.69, 9.17) is 14.7 Å². The van der Waals surface area contributed by atoms with Crippen molar-refractivity contribution < 1.29 is 14.3 Å². The first-order chi connectivity index (χ1) is 13.1. The van der Waals surface area contributed by atoms with Crippen LogP contribution in [0.15, 0.2) is 36.4 Å². The summed E-state index contributed by atoms with van der Waals surface area (Å²) in [4.78, 5) is 12.3. The summed E-state index contributed by atoms with van der Waals surface area (Å²) in [6.45, 7) is 1.86. The second kappa shape index (κ2) is 8.59. The van der Waals surface area contributed by atoms with Crippen LogP contribution in [0, 0.1) is 11.3 Å². The van der Waals surface area contributed by atoms with Gasteiger partial charge < -0.3 is 14.8 Å². The van der Waals surface area contributed by atoms with Crippen molar-refractivity contribution in [3.05, 3.63) is 58.7 Å². The number of aryl methyl sites for hydroxylation is 2. The number of nitriles is 1. The first kappa shape index (κ1) is 18.8. The number of rotatable bonds is 6. The lowest BCUT2D eigenvalue weighted by molar-refractivity contribution is -0.123. The molecular formula is C22H24N2O3. The summed E-state index contributed by atoms with van der Waals surface area (Å²) < 4.78 is 10.8. The van der Waals surface area contributed by atoms with Gasteiger partial charge in [0.25, 0.3) is 5.91 Å². The minimum Gasteiger partial charge on any atom is -0.493 e. The Balaban J connectivity index is 1.59. The molecule has 2 aromatic carbocycles. The molecule has 2 aromatic rings. The molecule has 0 saturated carbocycles. The van der Waals surface area contributed by atoms with Gasteiger partial charge in [0.2, 0.25) is 0 Å². The van der Waals surface area contributed by atoms with Crippen molar-refractivity contribution >= 4 is 5.91 Å². The van der Waals surface area contributed by atoms with E-state index >= 15 is 0 Å². The van der Waals surface area contributed by atoms with Crippen LogP contribution in [0.5, 0.6) is 11.5 Å². The van der Waals surface area contributed by atoms with Crippen LogP contribution < -0.4 is 14.8 Å². The number of hydrogen-bond donors (Lipinski definition) is 1.